The average Bonchev–Trinajstić information content (AvgIpc) is 2.98. The molecule has 0 amide bonds. The zero-order valence-electron chi connectivity index (χ0n) is 14.0. The Morgan fingerprint density at radius 1 is 1.22 bits per heavy atom. The number of anilines is 2. The molecule has 6 nitrogen and oxygen atoms in total. The van der Waals surface area contributed by atoms with Gasteiger partial charge in [-0.25, -0.2) is 19.9 Å². The van der Waals surface area contributed by atoms with Crippen LogP contribution in [0, 0.1) is 20.8 Å². The van der Waals surface area contributed by atoms with Crippen LogP contribution >= 0.6 is 11.8 Å². The lowest BCUT2D eigenvalue weighted by molar-refractivity contribution is 0.794. The molecule has 2 aromatic heterocycles. The molecule has 0 spiro atoms. The quantitative estimate of drug-likeness (QED) is 0.682. The second-order valence-electron chi connectivity index (χ2n) is 5.86. The molecule has 1 N–H and O–H groups in total. The van der Waals surface area contributed by atoms with E-state index in [9.17, 15) is 0 Å². The average molecular weight is 330 g/mol. The van der Waals surface area contributed by atoms with Crippen molar-refractivity contribution in [2.75, 3.05) is 29.6 Å². The molecule has 122 valence electrons. The van der Waals surface area contributed by atoms with E-state index in [-0.39, 0.29) is 0 Å². The van der Waals surface area contributed by atoms with Gasteiger partial charge in [-0.1, -0.05) is 11.8 Å². The van der Waals surface area contributed by atoms with E-state index in [1.54, 1.807) is 18.1 Å². The standard InChI is InChI=1S/C16H22N6S/c1-10-7-14(18-9-17-10)20-13-5-6-22(8-13)15-11(2)12(3)19-16(21-15)23-4/h7,9,13H,5-6,8H2,1-4H3,(H,17,18,20). The van der Waals surface area contributed by atoms with Gasteiger partial charge in [0.1, 0.15) is 18.0 Å². The van der Waals surface area contributed by atoms with E-state index < -0.39 is 0 Å². The maximum Gasteiger partial charge on any atom is 0.189 e. The Bertz CT molecular complexity index is 705. The molecule has 1 aliphatic heterocycles. The highest BCUT2D eigenvalue weighted by Crippen LogP contribution is 2.26. The molecule has 1 fully saturated rings. The third-order valence-corrected chi connectivity index (χ3v) is 4.72. The van der Waals surface area contributed by atoms with Crippen molar-refractivity contribution >= 4 is 23.4 Å². The van der Waals surface area contributed by atoms with Gasteiger partial charge < -0.3 is 10.2 Å². The van der Waals surface area contributed by atoms with Gasteiger partial charge in [0.2, 0.25) is 0 Å². The summed E-state index contributed by atoms with van der Waals surface area (Å²) in [5.74, 6) is 1.95. The summed E-state index contributed by atoms with van der Waals surface area (Å²) in [5, 5.41) is 4.34. The zero-order chi connectivity index (χ0) is 16.4. The Hall–Kier alpha value is -1.89. The minimum absolute atomic E-state index is 0.372. The molecule has 3 heterocycles. The fraction of sp³-hybridized carbons (Fsp3) is 0.500. The molecule has 0 saturated carbocycles. The Morgan fingerprint density at radius 3 is 2.78 bits per heavy atom. The summed E-state index contributed by atoms with van der Waals surface area (Å²) >= 11 is 1.59. The topological polar surface area (TPSA) is 66.8 Å². The van der Waals surface area contributed by atoms with Gasteiger partial charge >= 0.3 is 0 Å². The molecule has 2 aromatic rings. The summed E-state index contributed by atoms with van der Waals surface area (Å²) in [5.41, 5.74) is 3.20. The Kier molecular flexibility index (Phi) is 4.66. The number of hydrogen-bond donors (Lipinski definition) is 1. The second-order valence-corrected chi connectivity index (χ2v) is 6.64. The fourth-order valence-corrected chi connectivity index (χ4v) is 3.21. The van der Waals surface area contributed by atoms with Gasteiger partial charge in [-0.3, -0.25) is 0 Å². The summed E-state index contributed by atoms with van der Waals surface area (Å²) in [6.07, 6.45) is 4.69. The Morgan fingerprint density at radius 2 is 2.04 bits per heavy atom. The molecule has 1 atom stereocenters. The number of aryl methyl sites for hydroxylation is 2. The van der Waals surface area contributed by atoms with Crippen LogP contribution in [0.3, 0.4) is 0 Å². The Balaban J connectivity index is 1.74. The maximum absolute atomic E-state index is 4.71. The summed E-state index contributed by atoms with van der Waals surface area (Å²) in [7, 11) is 0. The number of aromatic nitrogens is 4. The summed E-state index contributed by atoms with van der Waals surface area (Å²) < 4.78 is 0. The molecule has 0 bridgehead atoms. The number of thioether (sulfide) groups is 1. The molecule has 1 unspecified atom stereocenters. The number of rotatable bonds is 4. The summed E-state index contributed by atoms with van der Waals surface area (Å²) in [4.78, 5) is 20.0. The normalized spacial score (nSPS) is 17.6. The van der Waals surface area contributed by atoms with Gasteiger partial charge in [0.05, 0.1) is 0 Å². The monoisotopic (exact) mass is 330 g/mol. The highest BCUT2D eigenvalue weighted by atomic mass is 32.2. The molecule has 3 rings (SSSR count). The molecule has 1 aliphatic rings. The largest absolute Gasteiger partial charge is 0.365 e. The van der Waals surface area contributed by atoms with Crippen molar-refractivity contribution in [2.24, 2.45) is 0 Å². The van der Waals surface area contributed by atoms with Gasteiger partial charge in [-0.2, -0.15) is 0 Å². The van der Waals surface area contributed by atoms with Crippen molar-refractivity contribution in [3.8, 4) is 0 Å². The smallest absolute Gasteiger partial charge is 0.189 e. The van der Waals surface area contributed by atoms with E-state index in [1.807, 2.05) is 19.2 Å². The van der Waals surface area contributed by atoms with Crippen molar-refractivity contribution in [1.82, 2.24) is 19.9 Å². The van der Waals surface area contributed by atoms with Gasteiger partial charge in [0.25, 0.3) is 0 Å². The van der Waals surface area contributed by atoms with Crippen molar-refractivity contribution in [2.45, 2.75) is 38.4 Å². The van der Waals surface area contributed by atoms with E-state index in [2.05, 4.69) is 39.0 Å². The van der Waals surface area contributed by atoms with Crippen LogP contribution in [0.15, 0.2) is 17.6 Å². The van der Waals surface area contributed by atoms with Crippen LogP contribution < -0.4 is 10.2 Å². The maximum atomic E-state index is 4.71. The van der Waals surface area contributed by atoms with Crippen molar-refractivity contribution in [3.05, 3.63) is 29.3 Å². The first-order chi connectivity index (χ1) is 11.1. The molecule has 0 aliphatic carbocycles. The lowest BCUT2D eigenvalue weighted by atomic mass is 10.2. The highest BCUT2D eigenvalue weighted by Gasteiger charge is 2.25. The van der Waals surface area contributed by atoms with Gasteiger partial charge in [-0.15, -0.1) is 0 Å². The van der Waals surface area contributed by atoms with Crippen LogP contribution in [0.5, 0.6) is 0 Å². The molecule has 1 saturated heterocycles. The van der Waals surface area contributed by atoms with Gasteiger partial charge in [-0.05, 0) is 33.4 Å². The third-order valence-electron chi connectivity index (χ3n) is 4.17. The van der Waals surface area contributed by atoms with E-state index in [4.69, 9.17) is 4.98 Å². The van der Waals surface area contributed by atoms with Crippen LogP contribution in [0.25, 0.3) is 0 Å². The minimum atomic E-state index is 0.372. The summed E-state index contributed by atoms with van der Waals surface area (Å²) in [6, 6.07) is 2.35. The molecular weight excluding hydrogens is 308 g/mol. The van der Waals surface area contributed by atoms with Gasteiger partial charge in [0, 0.05) is 42.1 Å². The van der Waals surface area contributed by atoms with E-state index >= 15 is 0 Å². The minimum Gasteiger partial charge on any atom is -0.365 e. The highest BCUT2D eigenvalue weighted by molar-refractivity contribution is 7.98. The van der Waals surface area contributed by atoms with Crippen LogP contribution in [-0.4, -0.2) is 45.3 Å². The first kappa shape index (κ1) is 16.0. The number of nitrogens with zero attached hydrogens (tertiary/aromatic N) is 5. The van der Waals surface area contributed by atoms with Crippen molar-refractivity contribution in [1.29, 1.82) is 0 Å². The lowest BCUT2D eigenvalue weighted by Gasteiger charge is -2.21. The van der Waals surface area contributed by atoms with E-state index in [0.29, 0.717) is 6.04 Å². The van der Waals surface area contributed by atoms with Crippen LogP contribution in [0.4, 0.5) is 11.6 Å². The first-order valence-electron chi connectivity index (χ1n) is 7.76. The Labute approximate surface area is 141 Å². The van der Waals surface area contributed by atoms with Crippen LogP contribution in [0.1, 0.15) is 23.4 Å². The van der Waals surface area contributed by atoms with Crippen molar-refractivity contribution < 1.29 is 0 Å². The van der Waals surface area contributed by atoms with Crippen LogP contribution in [-0.2, 0) is 0 Å². The third kappa shape index (κ3) is 3.55. The second kappa shape index (κ2) is 6.70. The van der Waals surface area contributed by atoms with Crippen LogP contribution in [0.2, 0.25) is 0 Å². The lowest BCUT2D eigenvalue weighted by Crippen LogP contribution is -2.28. The SMILES string of the molecule is CSc1nc(C)c(C)c(N2CCC(Nc3cc(C)ncn3)C2)n1. The number of hydrogen-bond acceptors (Lipinski definition) is 7. The molecule has 0 aromatic carbocycles. The molecule has 0 radical (unpaired) electrons. The predicted octanol–water partition coefficient (Wildman–Crippen LogP) is 2.60. The van der Waals surface area contributed by atoms with Gasteiger partial charge in [0.15, 0.2) is 5.16 Å². The first-order valence-corrected chi connectivity index (χ1v) is 8.98. The fourth-order valence-electron chi connectivity index (χ4n) is 2.80. The zero-order valence-corrected chi connectivity index (χ0v) is 14.8. The molecule has 23 heavy (non-hydrogen) atoms. The number of nitrogens with one attached hydrogen (secondary N) is 1. The molecule has 7 heteroatoms. The van der Waals surface area contributed by atoms with E-state index in [1.165, 1.54) is 5.56 Å². The predicted molar refractivity (Wildman–Crippen MR) is 94.3 cm³/mol. The van der Waals surface area contributed by atoms with E-state index in [0.717, 1.165) is 47.7 Å². The molecular formula is C16H22N6S. The van der Waals surface area contributed by atoms with Crippen molar-refractivity contribution in [3.63, 3.8) is 0 Å². The summed E-state index contributed by atoms with van der Waals surface area (Å²) in [6.45, 7) is 8.05.